The minimum Gasteiger partial charge on any atom is -0.497 e. The topological polar surface area (TPSA) is 132 Å². The predicted molar refractivity (Wildman–Crippen MR) is 116 cm³/mol. The summed E-state index contributed by atoms with van der Waals surface area (Å²) in [6, 6.07) is 11.7. The Labute approximate surface area is 185 Å². The molecule has 0 heterocycles. The largest absolute Gasteiger partial charge is 0.497 e. The van der Waals surface area contributed by atoms with Gasteiger partial charge in [-0.25, -0.2) is 0 Å². The van der Waals surface area contributed by atoms with E-state index in [4.69, 9.17) is 14.2 Å². The molecule has 10 nitrogen and oxygen atoms in total. The molecule has 0 atom stereocenters. The van der Waals surface area contributed by atoms with Gasteiger partial charge in [0.05, 0.1) is 26.5 Å². The summed E-state index contributed by atoms with van der Waals surface area (Å²) in [5.41, 5.74) is 1.71. The van der Waals surface area contributed by atoms with E-state index >= 15 is 0 Å². The monoisotopic (exact) mass is 443 g/mol. The Morgan fingerprint density at radius 2 is 1.66 bits per heavy atom. The summed E-state index contributed by atoms with van der Waals surface area (Å²) in [5, 5.41) is 7.37. The van der Waals surface area contributed by atoms with Crippen molar-refractivity contribution < 1.29 is 33.4 Å². The highest BCUT2D eigenvalue weighted by molar-refractivity contribution is 5.97. The zero-order valence-electron chi connectivity index (χ0n) is 18.0. The average Bonchev–Trinajstić information content (AvgIpc) is 2.80. The van der Waals surface area contributed by atoms with Crippen LogP contribution in [-0.4, -0.2) is 57.6 Å². The van der Waals surface area contributed by atoms with Gasteiger partial charge in [0.25, 0.3) is 11.8 Å². The van der Waals surface area contributed by atoms with Gasteiger partial charge in [0.1, 0.15) is 18.0 Å². The fourth-order valence-corrected chi connectivity index (χ4v) is 2.56. The summed E-state index contributed by atoms with van der Waals surface area (Å²) in [5.74, 6) is -1.44. The molecule has 32 heavy (non-hydrogen) atoms. The Morgan fingerprint density at radius 1 is 0.875 bits per heavy atom. The van der Waals surface area contributed by atoms with Gasteiger partial charge < -0.3 is 30.2 Å². The molecule has 0 saturated carbocycles. The smallest absolute Gasteiger partial charge is 0.325 e. The predicted octanol–water partition coefficient (Wildman–Crippen LogP) is 1.04. The van der Waals surface area contributed by atoms with Crippen molar-refractivity contribution in [1.82, 2.24) is 10.6 Å². The average molecular weight is 443 g/mol. The van der Waals surface area contributed by atoms with Gasteiger partial charge >= 0.3 is 5.97 Å². The van der Waals surface area contributed by atoms with Crippen LogP contribution in [0.4, 0.5) is 5.69 Å². The Bertz CT molecular complexity index is 991. The van der Waals surface area contributed by atoms with Crippen molar-refractivity contribution in [2.75, 3.05) is 39.2 Å². The lowest BCUT2D eigenvalue weighted by atomic mass is 10.2. The van der Waals surface area contributed by atoms with Gasteiger partial charge in [0.2, 0.25) is 5.91 Å². The summed E-state index contributed by atoms with van der Waals surface area (Å²) in [6.45, 7) is 0.538. The maximum absolute atomic E-state index is 12.0. The maximum Gasteiger partial charge on any atom is 0.325 e. The van der Waals surface area contributed by atoms with Gasteiger partial charge in [-0.15, -0.1) is 0 Å². The first-order chi connectivity index (χ1) is 15.3. The Hall–Kier alpha value is -4.08. The number of aryl methyl sites for hydroxylation is 1. The molecule has 0 bridgehead atoms. The second kappa shape index (κ2) is 11.9. The van der Waals surface area contributed by atoms with Crippen LogP contribution in [0.5, 0.6) is 11.5 Å². The van der Waals surface area contributed by atoms with E-state index in [-0.39, 0.29) is 6.54 Å². The number of carbonyl (C=O) groups excluding carboxylic acids is 4. The Balaban J connectivity index is 1.70. The summed E-state index contributed by atoms with van der Waals surface area (Å²) in [4.78, 5) is 47.7. The summed E-state index contributed by atoms with van der Waals surface area (Å²) >= 11 is 0. The van der Waals surface area contributed by atoms with Gasteiger partial charge in [-0.1, -0.05) is 12.1 Å². The molecule has 2 aromatic rings. The molecular weight excluding hydrogens is 418 g/mol. The highest BCUT2D eigenvalue weighted by Gasteiger charge is 2.13. The number of hydrogen-bond acceptors (Lipinski definition) is 7. The van der Waals surface area contributed by atoms with Crippen LogP contribution in [0.2, 0.25) is 0 Å². The summed E-state index contributed by atoms with van der Waals surface area (Å²) in [6.07, 6.45) is 0. The molecule has 0 aliphatic rings. The molecule has 0 unspecified atom stereocenters. The minimum absolute atomic E-state index is 0.311. The van der Waals surface area contributed by atoms with E-state index in [1.54, 1.807) is 30.3 Å². The second-order valence-electron chi connectivity index (χ2n) is 6.60. The Morgan fingerprint density at radius 3 is 2.38 bits per heavy atom. The molecule has 0 spiro atoms. The third-order valence-electron chi connectivity index (χ3n) is 4.16. The minimum atomic E-state index is -0.801. The number of methoxy groups -OCH3 is 2. The SMILES string of the molecule is COc1cccc(C(=O)NCC(=O)OCC(=O)NCC(=O)Nc2cc(C)ccc2OC)c1. The molecular formula is C22H25N3O7. The highest BCUT2D eigenvalue weighted by Crippen LogP contribution is 2.24. The lowest BCUT2D eigenvalue weighted by Crippen LogP contribution is -2.37. The van der Waals surface area contributed by atoms with Gasteiger partial charge in [-0.2, -0.15) is 0 Å². The van der Waals surface area contributed by atoms with Crippen LogP contribution in [-0.2, 0) is 19.1 Å². The number of benzene rings is 2. The van der Waals surface area contributed by atoms with E-state index in [1.165, 1.54) is 20.3 Å². The molecule has 2 rings (SSSR count). The Kier molecular flexibility index (Phi) is 9.03. The van der Waals surface area contributed by atoms with E-state index in [1.807, 2.05) is 13.0 Å². The maximum atomic E-state index is 12.0. The van der Waals surface area contributed by atoms with Crippen molar-refractivity contribution in [3.05, 3.63) is 53.6 Å². The molecule has 0 aliphatic heterocycles. The lowest BCUT2D eigenvalue weighted by molar-refractivity contribution is -0.147. The van der Waals surface area contributed by atoms with Crippen LogP contribution in [0.1, 0.15) is 15.9 Å². The fraction of sp³-hybridized carbons (Fsp3) is 0.273. The number of rotatable bonds is 10. The quantitative estimate of drug-likeness (QED) is 0.468. The third kappa shape index (κ3) is 7.63. The molecule has 10 heteroatoms. The van der Waals surface area contributed by atoms with E-state index in [9.17, 15) is 19.2 Å². The van der Waals surface area contributed by atoms with Gasteiger partial charge in [0.15, 0.2) is 6.61 Å². The number of ether oxygens (including phenoxy) is 3. The fourth-order valence-electron chi connectivity index (χ4n) is 2.56. The third-order valence-corrected chi connectivity index (χ3v) is 4.16. The lowest BCUT2D eigenvalue weighted by Gasteiger charge is -2.11. The van der Waals surface area contributed by atoms with Crippen molar-refractivity contribution in [2.24, 2.45) is 0 Å². The van der Waals surface area contributed by atoms with E-state index in [0.29, 0.717) is 22.7 Å². The number of esters is 1. The van der Waals surface area contributed by atoms with Gasteiger partial charge in [-0.3, -0.25) is 19.2 Å². The molecule has 0 saturated heterocycles. The highest BCUT2D eigenvalue weighted by atomic mass is 16.5. The van der Waals surface area contributed by atoms with Crippen molar-refractivity contribution in [1.29, 1.82) is 0 Å². The number of hydrogen-bond donors (Lipinski definition) is 3. The second-order valence-corrected chi connectivity index (χ2v) is 6.60. The molecule has 3 N–H and O–H groups in total. The zero-order valence-corrected chi connectivity index (χ0v) is 18.0. The van der Waals surface area contributed by atoms with Crippen molar-refractivity contribution in [3.63, 3.8) is 0 Å². The van der Waals surface area contributed by atoms with Crippen molar-refractivity contribution >= 4 is 29.4 Å². The van der Waals surface area contributed by atoms with Gasteiger partial charge in [-0.05, 0) is 42.8 Å². The van der Waals surface area contributed by atoms with E-state index < -0.39 is 36.8 Å². The number of anilines is 1. The van der Waals surface area contributed by atoms with Crippen LogP contribution >= 0.6 is 0 Å². The van der Waals surface area contributed by atoms with Crippen molar-refractivity contribution in [3.8, 4) is 11.5 Å². The number of nitrogens with one attached hydrogen (secondary N) is 3. The first kappa shape index (κ1) is 24.2. The van der Waals surface area contributed by atoms with Crippen LogP contribution < -0.4 is 25.4 Å². The zero-order chi connectivity index (χ0) is 23.5. The molecule has 170 valence electrons. The van der Waals surface area contributed by atoms with Crippen LogP contribution in [0, 0.1) is 6.92 Å². The molecule has 3 amide bonds. The first-order valence-corrected chi connectivity index (χ1v) is 9.61. The molecule has 0 aromatic heterocycles. The summed E-state index contributed by atoms with van der Waals surface area (Å²) < 4.78 is 15.0. The van der Waals surface area contributed by atoms with Crippen LogP contribution in [0.25, 0.3) is 0 Å². The molecule has 2 aromatic carbocycles. The first-order valence-electron chi connectivity index (χ1n) is 9.61. The molecule has 0 fully saturated rings. The normalized spacial score (nSPS) is 9.97. The molecule has 0 radical (unpaired) electrons. The number of amides is 3. The standard InChI is InChI=1S/C22H25N3O7/c1-14-7-8-18(31-3)17(9-14)25-19(26)11-23-20(27)13-32-21(28)12-24-22(29)15-5-4-6-16(10-15)30-2/h4-10H,11-13H2,1-3H3,(H,23,27)(H,24,29)(H,25,26). The van der Waals surface area contributed by atoms with Crippen LogP contribution in [0.3, 0.4) is 0 Å². The number of carbonyl (C=O) groups is 4. The van der Waals surface area contributed by atoms with Gasteiger partial charge in [0, 0.05) is 5.56 Å². The van der Waals surface area contributed by atoms with E-state index in [2.05, 4.69) is 16.0 Å². The van der Waals surface area contributed by atoms with Crippen molar-refractivity contribution in [2.45, 2.75) is 6.92 Å². The van der Waals surface area contributed by atoms with Crippen LogP contribution in [0.15, 0.2) is 42.5 Å². The van der Waals surface area contributed by atoms with E-state index in [0.717, 1.165) is 5.56 Å². The molecule has 0 aliphatic carbocycles. The summed E-state index contributed by atoms with van der Waals surface area (Å²) in [7, 11) is 2.96.